The highest BCUT2D eigenvalue weighted by Gasteiger charge is 2.31. The molecule has 8 heteroatoms. The summed E-state index contributed by atoms with van der Waals surface area (Å²) in [6, 6.07) is 9.42. The van der Waals surface area contributed by atoms with Gasteiger partial charge in [0.05, 0.1) is 12.2 Å². The SMILES string of the molecule is CCCCC(CCOc1ccc(OOC(=O)CCC)c(CC)c1)c1sc2cc(C(F)(F)F)ccc2c1C. The molecule has 0 saturated carbocycles. The highest BCUT2D eigenvalue weighted by molar-refractivity contribution is 7.19. The monoisotopic (exact) mass is 536 g/mol. The fourth-order valence-corrected chi connectivity index (χ4v) is 5.75. The lowest BCUT2D eigenvalue weighted by molar-refractivity contribution is -0.214. The number of fused-ring (bicyclic) bond motifs is 1. The Morgan fingerprint density at radius 3 is 2.49 bits per heavy atom. The minimum Gasteiger partial charge on any atom is -0.494 e. The van der Waals surface area contributed by atoms with E-state index in [0.29, 0.717) is 42.1 Å². The lowest BCUT2D eigenvalue weighted by Gasteiger charge is -2.17. The summed E-state index contributed by atoms with van der Waals surface area (Å²) in [7, 11) is 0. The Kier molecular flexibility index (Phi) is 10.3. The molecule has 37 heavy (non-hydrogen) atoms. The van der Waals surface area contributed by atoms with Crippen molar-refractivity contribution in [3.8, 4) is 11.5 Å². The molecule has 0 radical (unpaired) electrons. The normalized spacial score (nSPS) is 12.5. The maximum Gasteiger partial charge on any atom is 0.416 e. The van der Waals surface area contributed by atoms with Gasteiger partial charge in [-0.3, -0.25) is 9.78 Å². The van der Waals surface area contributed by atoms with Crippen molar-refractivity contribution < 1.29 is 32.5 Å². The van der Waals surface area contributed by atoms with Crippen molar-refractivity contribution in [2.24, 2.45) is 0 Å². The number of aryl methyl sites for hydroxylation is 2. The van der Waals surface area contributed by atoms with Gasteiger partial charge in [-0.25, -0.2) is 4.79 Å². The average molecular weight is 537 g/mol. The molecular formula is C29H35F3O4S. The Labute approximate surface area is 220 Å². The molecular weight excluding hydrogens is 501 g/mol. The molecule has 2 aromatic carbocycles. The van der Waals surface area contributed by atoms with Crippen LogP contribution in [0.5, 0.6) is 11.5 Å². The number of benzene rings is 2. The molecule has 0 amide bonds. The van der Waals surface area contributed by atoms with Crippen LogP contribution >= 0.6 is 11.3 Å². The number of hydrogen-bond donors (Lipinski definition) is 0. The zero-order valence-electron chi connectivity index (χ0n) is 21.9. The molecule has 0 spiro atoms. The van der Waals surface area contributed by atoms with E-state index in [1.165, 1.54) is 23.5 Å². The topological polar surface area (TPSA) is 44.8 Å². The predicted molar refractivity (Wildman–Crippen MR) is 141 cm³/mol. The van der Waals surface area contributed by atoms with Crippen molar-refractivity contribution in [2.45, 2.75) is 84.7 Å². The minimum atomic E-state index is -4.35. The number of halogens is 3. The summed E-state index contributed by atoms with van der Waals surface area (Å²) in [5, 5.41) is 0.887. The summed E-state index contributed by atoms with van der Waals surface area (Å²) < 4.78 is 46.4. The standard InChI is InChI=1S/C29H35F3O4S/c1-5-8-10-21(28-19(4)24-13-11-22(29(30,31)32)18-26(24)37-28)15-16-34-23-12-14-25(20(7-3)17-23)35-36-27(33)9-6-2/h11-14,17-18,21H,5-10,15-16H2,1-4H3. The van der Waals surface area contributed by atoms with Crippen LogP contribution < -0.4 is 9.62 Å². The van der Waals surface area contributed by atoms with Crippen molar-refractivity contribution in [2.75, 3.05) is 6.61 Å². The van der Waals surface area contributed by atoms with E-state index in [0.717, 1.165) is 47.1 Å². The highest BCUT2D eigenvalue weighted by Crippen LogP contribution is 2.41. The largest absolute Gasteiger partial charge is 0.494 e. The molecule has 1 atom stereocenters. The van der Waals surface area contributed by atoms with Crippen LogP contribution in [-0.2, 0) is 22.3 Å². The maximum absolute atomic E-state index is 13.2. The van der Waals surface area contributed by atoms with Crippen LogP contribution in [0.3, 0.4) is 0 Å². The van der Waals surface area contributed by atoms with Gasteiger partial charge in [0.15, 0.2) is 5.75 Å². The van der Waals surface area contributed by atoms with Crippen molar-refractivity contribution in [3.05, 3.63) is 58.0 Å². The number of unbranched alkanes of at least 4 members (excludes halogenated alkanes) is 1. The molecule has 4 nitrogen and oxygen atoms in total. The van der Waals surface area contributed by atoms with Gasteiger partial charge >= 0.3 is 12.1 Å². The second-order valence-electron chi connectivity index (χ2n) is 9.19. The highest BCUT2D eigenvalue weighted by atomic mass is 32.1. The Balaban J connectivity index is 1.71. The van der Waals surface area contributed by atoms with Gasteiger partial charge in [-0.1, -0.05) is 39.7 Å². The first kappa shape index (κ1) is 28.8. The molecule has 1 unspecified atom stereocenters. The van der Waals surface area contributed by atoms with Crippen molar-refractivity contribution in [3.63, 3.8) is 0 Å². The van der Waals surface area contributed by atoms with Crippen LogP contribution in [0.15, 0.2) is 36.4 Å². The van der Waals surface area contributed by atoms with Crippen LogP contribution in [-0.4, -0.2) is 12.6 Å². The van der Waals surface area contributed by atoms with E-state index in [4.69, 9.17) is 14.5 Å². The Morgan fingerprint density at radius 2 is 1.81 bits per heavy atom. The third-order valence-corrected chi connectivity index (χ3v) is 7.82. The number of rotatable bonds is 13. The van der Waals surface area contributed by atoms with E-state index < -0.39 is 17.7 Å². The van der Waals surface area contributed by atoms with E-state index in [1.54, 1.807) is 18.2 Å². The Bertz CT molecular complexity index is 1190. The van der Waals surface area contributed by atoms with Crippen molar-refractivity contribution in [1.82, 2.24) is 0 Å². The number of carbonyl (C=O) groups excluding carboxylic acids is 1. The summed E-state index contributed by atoms with van der Waals surface area (Å²) in [5.41, 5.74) is 1.31. The van der Waals surface area contributed by atoms with E-state index in [-0.39, 0.29) is 5.92 Å². The second kappa shape index (κ2) is 13.2. The van der Waals surface area contributed by atoms with E-state index >= 15 is 0 Å². The summed E-state index contributed by atoms with van der Waals surface area (Å²) in [4.78, 5) is 22.8. The molecule has 0 bridgehead atoms. The van der Waals surface area contributed by atoms with Crippen molar-refractivity contribution >= 4 is 27.4 Å². The maximum atomic E-state index is 13.2. The zero-order valence-corrected chi connectivity index (χ0v) is 22.7. The third-order valence-electron chi connectivity index (χ3n) is 6.41. The Hall–Kier alpha value is -2.74. The zero-order chi connectivity index (χ0) is 27.0. The van der Waals surface area contributed by atoms with E-state index in [9.17, 15) is 18.0 Å². The van der Waals surface area contributed by atoms with Gasteiger partial charge < -0.3 is 4.74 Å². The lowest BCUT2D eigenvalue weighted by atomic mass is 9.94. The fraction of sp³-hybridized carbons (Fsp3) is 0.483. The van der Waals surface area contributed by atoms with Gasteiger partial charge in [0.2, 0.25) is 0 Å². The van der Waals surface area contributed by atoms with Crippen LogP contribution in [0.1, 0.15) is 86.8 Å². The summed E-state index contributed by atoms with van der Waals surface area (Å²) in [5.74, 6) is 0.979. The van der Waals surface area contributed by atoms with E-state index in [2.05, 4.69) is 6.92 Å². The quantitative estimate of drug-likeness (QED) is 0.161. The molecule has 3 aromatic rings. The first-order valence-electron chi connectivity index (χ1n) is 12.9. The van der Waals surface area contributed by atoms with Gasteiger partial charge in [0, 0.05) is 21.6 Å². The number of ether oxygens (including phenoxy) is 1. The fourth-order valence-electron chi connectivity index (χ4n) is 4.33. The number of carbonyl (C=O) groups is 1. The molecule has 0 fully saturated rings. The molecule has 0 aliphatic rings. The molecule has 202 valence electrons. The molecule has 0 N–H and O–H groups in total. The molecule has 0 saturated heterocycles. The molecule has 3 rings (SSSR count). The smallest absolute Gasteiger partial charge is 0.416 e. The first-order valence-corrected chi connectivity index (χ1v) is 13.7. The third kappa shape index (κ3) is 7.63. The van der Waals surface area contributed by atoms with Gasteiger partial charge in [0.1, 0.15) is 5.75 Å². The van der Waals surface area contributed by atoms with Gasteiger partial charge in [0.25, 0.3) is 0 Å². The van der Waals surface area contributed by atoms with E-state index in [1.807, 2.05) is 26.8 Å². The molecule has 1 aromatic heterocycles. The van der Waals surface area contributed by atoms with Gasteiger partial charge in [-0.2, -0.15) is 13.2 Å². The first-order chi connectivity index (χ1) is 17.7. The number of hydrogen-bond acceptors (Lipinski definition) is 5. The number of alkyl halides is 3. The molecule has 0 aliphatic carbocycles. The summed E-state index contributed by atoms with van der Waals surface area (Å²) in [6.45, 7) is 8.49. The van der Waals surface area contributed by atoms with Gasteiger partial charge in [-0.05, 0) is 79.8 Å². The van der Waals surface area contributed by atoms with Crippen LogP contribution in [0.4, 0.5) is 13.2 Å². The summed E-state index contributed by atoms with van der Waals surface area (Å²) in [6.07, 6.45) is 1.10. The van der Waals surface area contributed by atoms with Crippen LogP contribution in [0.25, 0.3) is 10.1 Å². The number of thiophene rings is 1. The molecule has 0 aliphatic heterocycles. The van der Waals surface area contributed by atoms with Crippen molar-refractivity contribution in [1.29, 1.82) is 0 Å². The predicted octanol–water partition coefficient (Wildman–Crippen LogP) is 9.17. The second-order valence-corrected chi connectivity index (χ2v) is 10.3. The van der Waals surface area contributed by atoms with Crippen LogP contribution in [0, 0.1) is 6.92 Å². The van der Waals surface area contributed by atoms with Crippen LogP contribution in [0.2, 0.25) is 0 Å². The Morgan fingerprint density at radius 1 is 1.03 bits per heavy atom. The summed E-state index contributed by atoms with van der Waals surface area (Å²) >= 11 is 1.46. The lowest BCUT2D eigenvalue weighted by Crippen LogP contribution is -2.09. The average Bonchev–Trinajstić information content (AvgIpc) is 3.20. The minimum absolute atomic E-state index is 0.206. The molecule has 1 heterocycles. The van der Waals surface area contributed by atoms with Gasteiger partial charge in [-0.15, -0.1) is 11.3 Å².